The van der Waals surface area contributed by atoms with Crippen molar-refractivity contribution in [2.45, 2.75) is 20.3 Å². The van der Waals surface area contributed by atoms with Crippen LogP contribution in [0.5, 0.6) is 0 Å². The Labute approximate surface area is 176 Å². The second-order valence-corrected chi connectivity index (χ2v) is 7.32. The van der Waals surface area contributed by atoms with Crippen LogP contribution in [0.3, 0.4) is 0 Å². The van der Waals surface area contributed by atoms with Gasteiger partial charge >= 0.3 is 0 Å². The number of benzene rings is 2. The third kappa shape index (κ3) is 4.69. The minimum Gasteiger partial charge on any atom is -0.355 e. The summed E-state index contributed by atoms with van der Waals surface area (Å²) in [5, 5.41) is 5.36. The maximum Gasteiger partial charge on any atom is 0.252 e. The molecular weight excluding hydrogens is 378 g/mol. The van der Waals surface area contributed by atoms with Crippen molar-refractivity contribution < 1.29 is 14.4 Å². The third-order valence-electron chi connectivity index (χ3n) is 5.27. The van der Waals surface area contributed by atoms with Gasteiger partial charge in [-0.1, -0.05) is 30.0 Å². The lowest BCUT2D eigenvalue weighted by molar-refractivity contribution is -0.126. The van der Waals surface area contributed by atoms with Gasteiger partial charge in [0.25, 0.3) is 5.91 Å². The molecule has 0 bridgehead atoms. The molecule has 6 heteroatoms. The smallest absolute Gasteiger partial charge is 0.252 e. The molecule has 1 atom stereocenters. The first-order chi connectivity index (χ1) is 14.4. The summed E-state index contributed by atoms with van der Waals surface area (Å²) < 4.78 is 0. The summed E-state index contributed by atoms with van der Waals surface area (Å²) >= 11 is 0. The molecule has 154 valence electrons. The number of nitrogens with zero attached hydrogens (tertiary/aromatic N) is 1. The highest BCUT2D eigenvalue weighted by Crippen LogP contribution is 2.26. The summed E-state index contributed by atoms with van der Waals surface area (Å²) in [6.45, 7) is 4.54. The number of amides is 3. The monoisotopic (exact) mass is 403 g/mol. The Balaban J connectivity index is 1.59. The van der Waals surface area contributed by atoms with Crippen molar-refractivity contribution in [1.29, 1.82) is 0 Å². The van der Waals surface area contributed by atoms with E-state index in [1.165, 1.54) is 0 Å². The molecule has 0 aliphatic carbocycles. The summed E-state index contributed by atoms with van der Waals surface area (Å²) in [4.78, 5) is 38.5. The van der Waals surface area contributed by atoms with Crippen molar-refractivity contribution in [3.8, 4) is 11.8 Å². The van der Waals surface area contributed by atoms with E-state index >= 15 is 0 Å². The van der Waals surface area contributed by atoms with Crippen LogP contribution >= 0.6 is 0 Å². The van der Waals surface area contributed by atoms with E-state index < -0.39 is 5.92 Å². The molecule has 1 unspecified atom stereocenters. The number of hydrogen-bond acceptors (Lipinski definition) is 3. The van der Waals surface area contributed by atoms with Crippen LogP contribution in [0, 0.1) is 31.6 Å². The van der Waals surface area contributed by atoms with Crippen molar-refractivity contribution in [3.63, 3.8) is 0 Å². The average Bonchev–Trinajstić information content (AvgIpc) is 3.14. The summed E-state index contributed by atoms with van der Waals surface area (Å²) in [7, 11) is 1.57. The molecule has 1 heterocycles. The van der Waals surface area contributed by atoms with E-state index in [-0.39, 0.29) is 30.7 Å². The Morgan fingerprint density at radius 1 is 1.13 bits per heavy atom. The minimum atomic E-state index is -0.404. The number of hydrogen-bond donors (Lipinski definition) is 2. The fourth-order valence-electron chi connectivity index (χ4n) is 3.37. The van der Waals surface area contributed by atoms with Crippen LogP contribution in [-0.4, -0.2) is 37.9 Å². The molecule has 3 rings (SSSR count). The zero-order valence-corrected chi connectivity index (χ0v) is 17.4. The van der Waals surface area contributed by atoms with Crippen molar-refractivity contribution >= 4 is 23.4 Å². The zero-order valence-electron chi connectivity index (χ0n) is 17.4. The second kappa shape index (κ2) is 9.27. The quantitative estimate of drug-likeness (QED) is 0.768. The van der Waals surface area contributed by atoms with Gasteiger partial charge in [-0.2, -0.15) is 0 Å². The summed E-state index contributed by atoms with van der Waals surface area (Å²) in [5.74, 6) is 4.95. The largest absolute Gasteiger partial charge is 0.355 e. The van der Waals surface area contributed by atoms with E-state index in [9.17, 15) is 14.4 Å². The Bertz CT molecular complexity index is 1050. The van der Waals surface area contributed by atoms with Crippen LogP contribution in [-0.2, 0) is 9.59 Å². The lowest BCUT2D eigenvalue weighted by atomic mass is 10.1. The molecule has 1 aliphatic rings. The molecule has 0 radical (unpaired) electrons. The van der Waals surface area contributed by atoms with Gasteiger partial charge in [0.2, 0.25) is 11.8 Å². The molecule has 2 aromatic carbocycles. The summed E-state index contributed by atoms with van der Waals surface area (Å²) in [5.41, 5.74) is 4.19. The Morgan fingerprint density at radius 2 is 1.90 bits per heavy atom. The van der Waals surface area contributed by atoms with E-state index in [0.29, 0.717) is 17.7 Å². The topological polar surface area (TPSA) is 78.5 Å². The van der Waals surface area contributed by atoms with E-state index in [1.807, 2.05) is 32.0 Å². The Morgan fingerprint density at radius 3 is 2.63 bits per heavy atom. The standard InChI is InChI=1S/C24H25N3O3/c1-16-10-11-20(13-17(16)2)27-15-19(14-22(27)28)23(29)26-12-6-8-18-7-4-5-9-21(18)24(30)25-3/h4-5,7,9-11,13,19H,12,14-15H2,1-3H3,(H,25,30)(H,26,29). The number of carbonyl (C=O) groups is 3. The van der Waals surface area contributed by atoms with E-state index in [2.05, 4.69) is 22.5 Å². The number of anilines is 1. The Kier molecular flexibility index (Phi) is 6.53. The zero-order chi connectivity index (χ0) is 21.7. The number of nitrogens with one attached hydrogen (secondary N) is 2. The van der Waals surface area contributed by atoms with Gasteiger partial charge in [0, 0.05) is 31.3 Å². The van der Waals surface area contributed by atoms with Crippen LogP contribution in [0.15, 0.2) is 42.5 Å². The highest BCUT2D eigenvalue weighted by atomic mass is 16.2. The summed E-state index contributed by atoms with van der Waals surface area (Å²) in [6, 6.07) is 12.9. The summed E-state index contributed by atoms with van der Waals surface area (Å²) in [6.07, 6.45) is 0.186. The van der Waals surface area contributed by atoms with Crippen molar-refractivity contribution in [2.75, 3.05) is 25.0 Å². The van der Waals surface area contributed by atoms with E-state index in [0.717, 1.165) is 16.8 Å². The highest BCUT2D eigenvalue weighted by Gasteiger charge is 2.34. The van der Waals surface area contributed by atoms with Crippen LogP contribution in [0.4, 0.5) is 5.69 Å². The fraction of sp³-hybridized carbons (Fsp3) is 0.292. The molecule has 1 fully saturated rings. The van der Waals surface area contributed by atoms with Gasteiger partial charge in [-0.05, 0) is 49.2 Å². The third-order valence-corrected chi connectivity index (χ3v) is 5.27. The molecule has 1 saturated heterocycles. The van der Waals surface area contributed by atoms with Gasteiger partial charge < -0.3 is 15.5 Å². The first kappa shape index (κ1) is 21.1. The first-order valence-electron chi connectivity index (χ1n) is 9.86. The maximum absolute atomic E-state index is 12.5. The van der Waals surface area contributed by atoms with Crippen molar-refractivity contribution in [2.24, 2.45) is 5.92 Å². The molecule has 1 aliphatic heterocycles. The van der Waals surface area contributed by atoms with Crippen LogP contribution in [0.25, 0.3) is 0 Å². The maximum atomic E-state index is 12.5. The van der Waals surface area contributed by atoms with E-state index in [4.69, 9.17) is 0 Å². The lowest BCUT2D eigenvalue weighted by Crippen LogP contribution is -2.33. The van der Waals surface area contributed by atoms with Gasteiger partial charge in [0.05, 0.1) is 18.0 Å². The molecule has 6 nitrogen and oxygen atoms in total. The van der Waals surface area contributed by atoms with E-state index in [1.54, 1.807) is 36.2 Å². The molecular formula is C24H25N3O3. The predicted molar refractivity (Wildman–Crippen MR) is 116 cm³/mol. The highest BCUT2D eigenvalue weighted by molar-refractivity contribution is 6.00. The number of rotatable bonds is 4. The van der Waals surface area contributed by atoms with Crippen LogP contribution < -0.4 is 15.5 Å². The van der Waals surface area contributed by atoms with Crippen molar-refractivity contribution in [1.82, 2.24) is 10.6 Å². The normalized spacial score (nSPS) is 15.4. The molecule has 0 spiro atoms. The average molecular weight is 403 g/mol. The van der Waals surface area contributed by atoms with Gasteiger partial charge in [-0.3, -0.25) is 14.4 Å². The minimum absolute atomic E-state index is 0.0519. The molecule has 3 amide bonds. The number of carbonyl (C=O) groups excluding carboxylic acids is 3. The van der Waals surface area contributed by atoms with Crippen LogP contribution in [0.2, 0.25) is 0 Å². The molecule has 30 heavy (non-hydrogen) atoms. The van der Waals surface area contributed by atoms with Crippen LogP contribution in [0.1, 0.15) is 33.5 Å². The molecule has 2 N–H and O–H groups in total. The molecule has 0 aromatic heterocycles. The SMILES string of the molecule is CNC(=O)c1ccccc1C#CCNC(=O)C1CC(=O)N(c2ccc(C)c(C)c2)C1. The van der Waals surface area contributed by atoms with Gasteiger partial charge in [0.15, 0.2) is 0 Å². The molecule has 0 saturated carbocycles. The Hall–Kier alpha value is -3.59. The predicted octanol–water partition coefficient (Wildman–Crippen LogP) is 2.18. The van der Waals surface area contributed by atoms with Gasteiger partial charge in [0.1, 0.15) is 0 Å². The second-order valence-electron chi connectivity index (χ2n) is 7.32. The molecule has 2 aromatic rings. The first-order valence-corrected chi connectivity index (χ1v) is 9.86. The van der Waals surface area contributed by atoms with Gasteiger partial charge in [-0.15, -0.1) is 0 Å². The lowest BCUT2D eigenvalue weighted by Gasteiger charge is -2.17. The number of aryl methyl sites for hydroxylation is 2. The van der Waals surface area contributed by atoms with Crippen molar-refractivity contribution in [3.05, 3.63) is 64.7 Å². The fourth-order valence-corrected chi connectivity index (χ4v) is 3.37. The van der Waals surface area contributed by atoms with Gasteiger partial charge in [-0.25, -0.2) is 0 Å².